The fourth-order valence-electron chi connectivity index (χ4n) is 1.54. The first-order chi connectivity index (χ1) is 9.06. The lowest BCUT2D eigenvalue weighted by Crippen LogP contribution is -2.15. The molecule has 0 aliphatic carbocycles. The van der Waals surface area contributed by atoms with Crippen LogP contribution in [-0.4, -0.2) is 25.0 Å². The van der Waals surface area contributed by atoms with E-state index in [1.165, 1.54) is 0 Å². The van der Waals surface area contributed by atoms with E-state index in [-0.39, 0.29) is 5.91 Å². The molecule has 19 heavy (non-hydrogen) atoms. The molecule has 0 atom stereocenters. The average Bonchev–Trinajstić information content (AvgIpc) is 2.41. The number of anilines is 2. The maximum atomic E-state index is 12.1. The summed E-state index contributed by atoms with van der Waals surface area (Å²) in [5, 5.41) is 3.44. The molecular formula is C14H14ClN3O. The van der Waals surface area contributed by atoms with Gasteiger partial charge in [0, 0.05) is 36.6 Å². The van der Waals surface area contributed by atoms with Crippen LogP contribution in [0.2, 0.25) is 5.02 Å². The number of amides is 1. The summed E-state index contributed by atoms with van der Waals surface area (Å²) in [5.74, 6) is 0.566. The SMILES string of the molecule is CN(C)c1cc(C(=O)Nc2ccc(Cl)cc2)ccn1. The van der Waals surface area contributed by atoms with Crippen LogP contribution < -0.4 is 10.2 Å². The van der Waals surface area contributed by atoms with Gasteiger partial charge in [0.05, 0.1) is 0 Å². The Bertz CT molecular complexity index is 581. The lowest BCUT2D eigenvalue weighted by molar-refractivity contribution is 0.102. The highest BCUT2D eigenvalue weighted by Crippen LogP contribution is 2.15. The van der Waals surface area contributed by atoms with Gasteiger partial charge in [-0.3, -0.25) is 4.79 Å². The Labute approximate surface area is 117 Å². The molecule has 2 rings (SSSR count). The van der Waals surface area contributed by atoms with Gasteiger partial charge in [-0.25, -0.2) is 4.98 Å². The first-order valence-corrected chi connectivity index (χ1v) is 6.14. The van der Waals surface area contributed by atoms with Gasteiger partial charge in [-0.15, -0.1) is 0 Å². The Morgan fingerprint density at radius 1 is 1.21 bits per heavy atom. The van der Waals surface area contributed by atoms with E-state index in [2.05, 4.69) is 10.3 Å². The summed E-state index contributed by atoms with van der Waals surface area (Å²) in [7, 11) is 3.76. The molecule has 0 spiro atoms. The number of nitrogens with one attached hydrogen (secondary N) is 1. The molecule has 0 fully saturated rings. The average molecular weight is 276 g/mol. The number of hydrogen-bond acceptors (Lipinski definition) is 3. The standard InChI is InChI=1S/C14H14ClN3O/c1-18(2)13-9-10(7-8-16-13)14(19)17-12-5-3-11(15)4-6-12/h3-9H,1-2H3,(H,17,19). The van der Waals surface area contributed by atoms with Gasteiger partial charge in [0.1, 0.15) is 5.82 Å². The predicted octanol–water partition coefficient (Wildman–Crippen LogP) is 3.05. The Balaban J connectivity index is 2.15. The van der Waals surface area contributed by atoms with E-state index in [0.29, 0.717) is 16.3 Å². The minimum Gasteiger partial charge on any atom is -0.363 e. The fourth-order valence-corrected chi connectivity index (χ4v) is 1.67. The lowest BCUT2D eigenvalue weighted by Gasteiger charge is -2.12. The van der Waals surface area contributed by atoms with Crippen molar-refractivity contribution in [3.8, 4) is 0 Å². The molecule has 2 aromatic rings. The Morgan fingerprint density at radius 3 is 2.53 bits per heavy atom. The van der Waals surface area contributed by atoms with Crippen molar-refractivity contribution in [1.82, 2.24) is 4.98 Å². The normalized spacial score (nSPS) is 10.1. The Morgan fingerprint density at radius 2 is 1.89 bits per heavy atom. The van der Waals surface area contributed by atoms with Gasteiger partial charge in [0.25, 0.3) is 5.91 Å². The Kier molecular flexibility index (Phi) is 4.02. The van der Waals surface area contributed by atoms with Crippen LogP contribution in [0.1, 0.15) is 10.4 Å². The zero-order valence-electron chi connectivity index (χ0n) is 10.7. The molecule has 5 heteroatoms. The van der Waals surface area contributed by atoms with Gasteiger partial charge < -0.3 is 10.2 Å². The maximum Gasteiger partial charge on any atom is 0.255 e. The van der Waals surface area contributed by atoms with Crippen LogP contribution in [0.15, 0.2) is 42.6 Å². The van der Waals surface area contributed by atoms with E-state index in [1.807, 2.05) is 19.0 Å². The topological polar surface area (TPSA) is 45.2 Å². The highest BCUT2D eigenvalue weighted by molar-refractivity contribution is 6.30. The first-order valence-electron chi connectivity index (χ1n) is 5.76. The molecule has 1 heterocycles. The van der Waals surface area contributed by atoms with Crippen molar-refractivity contribution in [2.24, 2.45) is 0 Å². The van der Waals surface area contributed by atoms with Crippen LogP contribution in [0.4, 0.5) is 11.5 Å². The molecule has 0 aliphatic rings. The van der Waals surface area contributed by atoms with E-state index in [1.54, 1.807) is 42.6 Å². The van der Waals surface area contributed by atoms with Crippen LogP contribution in [0.3, 0.4) is 0 Å². The second kappa shape index (κ2) is 5.71. The van der Waals surface area contributed by atoms with E-state index in [4.69, 9.17) is 11.6 Å². The second-order valence-electron chi connectivity index (χ2n) is 4.26. The van der Waals surface area contributed by atoms with Crippen molar-refractivity contribution in [2.45, 2.75) is 0 Å². The predicted molar refractivity (Wildman–Crippen MR) is 78.0 cm³/mol. The third-order valence-corrected chi connectivity index (χ3v) is 2.82. The number of benzene rings is 1. The summed E-state index contributed by atoms with van der Waals surface area (Å²) in [6.07, 6.45) is 1.62. The molecule has 0 bridgehead atoms. The minimum absolute atomic E-state index is 0.173. The molecule has 0 unspecified atom stereocenters. The third-order valence-electron chi connectivity index (χ3n) is 2.57. The number of carbonyl (C=O) groups is 1. The molecule has 0 aliphatic heterocycles. The summed E-state index contributed by atoms with van der Waals surface area (Å²) < 4.78 is 0. The largest absolute Gasteiger partial charge is 0.363 e. The van der Waals surface area contributed by atoms with Crippen LogP contribution >= 0.6 is 11.6 Å². The summed E-state index contributed by atoms with van der Waals surface area (Å²) in [6.45, 7) is 0. The number of carbonyl (C=O) groups excluding carboxylic acids is 1. The molecule has 4 nitrogen and oxygen atoms in total. The molecule has 98 valence electrons. The van der Waals surface area contributed by atoms with Gasteiger partial charge in [-0.2, -0.15) is 0 Å². The number of hydrogen-bond donors (Lipinski definition) is 1. The molecule has 1 aromatic heterocycles. The summed E-state index contributed by atoms with van der Waals surface area (Å²) in [6, 6.07) is 10.4. The monoisotopic (exact) mass is 275 g/mol. The smallest absolute Gasteiger partial charge is 0.255 e. The highest BCUT2D eigenvalue weighted by Gasteiger charge is 2.08. The number of pyridine rings is 1. The van der Waals surface area contributed by atoms with Crippen LogP contribution in [0, 0.1) is 0 Å². The summed E-state index contributed by atoms with van der Waals surface area (Å²) in [4.78, 5) is 18.1. The van der Waals surface area contributed by atoms with Crippen LogP contribution in [0.5, 0.6) is 0 Å². The van der Waals surface area contributed by atoms with Gasteiger partial charge in [-0.05, 0) is 36.4 Å². The van der Waals surface area contributed by atoms with E-state index in [0.717, 1.165) is 5.82 Å². The van der Waals surface area contributed by atoms with Crippen molar-refractivity contribution in [3.05, 3.63) is 53.2 Å². The van der Waals surface area contributed by atoms with Crippen molar-refractivity contribution in [2.75, 3.05) is 24.3 Å². The van der Waals surface area contributed by atoms with E-state index < -0.39 is 0 Å². The summed E-state index contributed by atoms with van der Waals surface area (Å²) in [5.41, 5.74) is 1.27. The molecular weight excluding hydrogens is 262 g/mol. The van der Waals surface area contributed by atoms with Crippen molar-refractivity contribution < 1.29 is 4.79 Å². The van der Waals surface area contributed by atoms with E-state index >= 15 is 0 Å². The maximum absolute atomic E-state index is 12.1. The number of nitrogens with zero attached hydrogens (tertiary/aromatic N) is 2. The van der Waals surface area contributed by atoms with Crippen molar-refractivity contribution in [3.63, 3.8) is 0 Å². The fraction of sp³-hybridized carbons (Fsp3) is 0.143. The quantitative estimate of drug-likeness (QED) is 0.936. The summed E-state index contributed by atoms with van der Waals surface area (Å²) >= 11 is 5.79. The molecule has 1 N–H and O–H groups in total. The molecule has 1 aromatic carbocycles. The lowest BCUT2D eigenvalue weighted by atomic mass is 10.2. The number of rotatable bonds is 3. The highest BCUT2D eigenvalue weighted by atomic mass is 35.5. The third kappa shape index (κ3) is 3.45. The Hall–Kier alpha value is -2.07. The van der Waals surface area contributed by atoms with Gasteiger partial charge in [0.2, 0.25) is 0 Å². The van der Waals surface area contributed by atoms with Crippen LogP contribution in [0.25, 0.3) is 0 Å². The van der Waals surface area contributed by atoms with Crippen LogP contribution in [-0.2, 0) is 0 Å². The first kappa shape index (κ1) is 13.4. The van der Waals surface area contributed by atoms with Gasteiger partial charge in [-0.1, -0.05) is 11.6 Å². The zero-order chi connectivity index (χ0) is 13.8. The van der Waals surface area contributed by atoms with Crippen molar-refractivity contribution >= 4 is 29.0 Å². The molecule has 1 amide bonds. The molecule has 0 saturated heterocycles. The van der Waals surface area contributed by atoms with Crippen molar-refractivity contribution in [1.29, 1.82) is 0 Å². The van der Waals surface area contributed by atoms with Gasteiger partial charge in [0.15, 0.2) is 0 Å². The minimum atomic E-state index is -0.173. The number of aromatic nitrogens is 1. The van der Waals surface area contributed by atoms with Gasteiger partial charge >= 0.3 is 0 Å². The second-order valence-corrected chi connectivity index (χ2v) is 4.69. The molecule has 0 saturated carbocycles. The molecule has 0 radical (unpaired) electrons. The zero-order valence-corrected chi connectivity index (χ0v) is 11.5. The number of halogens is 1. The van der Waals surface area contributed by atoms with E-state index in [9.17, 15) is 4.79 Å².